The number of esters is 1. The first-order chi connectivity index (χ1) is 13.2. The van der Waals surface area contributed by atoms with Crippen molar-refractivity contribution in [3.63, 3.8) is 0 Å². The first kappa shape index (κ1) is 20.2. The molecule has 146 valence electrons. The van der Waals surface area contributed by atoms with Crippen molar-refractivity contribution >= 4 is 28.9 Å². The molecule has 0 saturated carbocycles. The van der Waals surface area contributed by atoms with Crippen molar-refractivity contribution in [2.24, 2.45) is 0 Å². The van der Waals surface area contributed by atoms with Crippen molar-refractivity contribution in [3.8, 4) is 5.75 Å². The third kappa shape index (κ3) is 4.75. The second-order valence-electron chi connectivity index (χ2n) is 5.19. The van der Waals surface area contributed by atoms with Crippen LogP contribution in [-0.2, 0) is 9.53 Å². The van der Waals surface area contributed by atoms with Gasteiger partial charge in [0, 0.05) is 18.2 Å². The molecule has 0 heterocycles. The molecule has 28 heavy (non-hydrogen) atoms. The highest BCUT2D eigenvalue weighted by molar-refractivity contribution is 5.96. The lowest BCUT2D eigenvalue weighted by molar-refractivity contribution is -0.385. The third-order valence-electron chi connectivity index (χ3n) is 3.38. The number of nitro groups is 2. The number of anilines is 1. The quantitative estimate of drug-likeness (QED) is 0.428. The number of amides is 1. The second-order valence-corrected chi connectivity index (χ2v) is 5.19. The van der Waals surface area contributed by atoms with Gasteiger partial charge >= 0.3 is 11.7 Å². The summed E-state index contributed by atoms with van der Waals surface area (Å²) >= 11 is 0. The number of nitro benzene ring substituents is 2. The van der Waals surface area contributed by atoms with Crippen molar-refractivity contribution in [1.29, 1.82) is 0 Å². The molecule has 1 amide bonds. The maximum absolute atomic E-state index is 13.6. The first-order valence-corrected chi connectivity index (χ1v) is 7.46. The third-order valence-corrected chi connectivity index (χ3v) is 3.38. The molecule has 0 spiro atoms. The molecule has 2 aromatic carbocycles. The summed E-state index contributed by atoms with van der Waals surface area (Å²) in [6.45, 7) is -0.846. The number of methoxy groups -OCH3 is 1. The maximum atomic E-state index is 13.6. The van der Waals surface area contributed by atoms with Crippen LogP contribution in [0.2, 0.25) is 0 Å². The van der Waals surface area contributed by atoms with Crippen molar-refractivity contribution < 1.29 is 33.3 Å². The fourth-order valence-electron chi connectivity index (χ4n) is 2.08. The van der Waals surface area contributed by atoms with E-state index in [0.717, 1.165) is 24.3 Å². The smallest absolute Gasteiger partial charge is 0.338 e. The van der Waals surface area contributed by atoms with Gasteiger partial charge in [-0.3, -0.25) is 25.0 Å². The van der Waals surface area contributed by atoms with Crippen LogP contribution in [0.25, 0.3) is 0 Å². The molecule has 0 aliphatic carbocycles. The van der Waals surface area contributed by atoms with E-state index in [1.165, 1.54) is 19.2 Å². The Balaban J connectivity index is 2.04. The molecule has 2 rings (SSSR count). The van der Waals surface area contributed by atoms with E-state index in [0.29, 0.717) is 0 Å². The molecule has 0 aliphatic heterocycles. The number of carbonyl (C=O) groups excluding carboxylic acids is 2. The van der Waals surface area contributed by atoms with Gasteiger partial charge in [0.2, 0.25) is 0 Å². The van der Waals surface area contributed by atoms with Crippen molar-refractivity contribution in [2.75, 3.05) is 19.0 Å². The Hall–Kier alpha value is -4.09. The van der Waals surface area contributed by atoms with Crippen molar-refractivity contribution in [1.82, 2.24) is 0 Å². The molecule has 12 heteroatoms. The SMILES string of the molecule is COc1ccc(C(=O)OCC(=O)Nc2cc([N+](=O)[O-])ccc2F)cc1[N+](=O)[O-]. The molecule has 0 aliphatic rings. The van der Waals surface area contributed by atoms with E-state index in [4.69, 9.17) is 9.47 Å². The number of ether oxygens (including phenoxy) is 2. The lowest BCUT2D eigenvalue weighted by Gasteiger charge is -2.08. The Morgan fingerprint density at radius 2 is 1.82 bits per heavy atom. The summed E-state index contributed by atoms with van der Waals surface area (Å²) in [5.74, 6) is -2.99. The summed E-state index contributed by atoms with van der Waals surface area (Å²) in [6, 6.07) is 5.83. The number of halogens is 1. The predicted octanol–water partition coefficient (Wildman–Crippen LogP) is 2.45. The monoisotopic (exact) mass is 393 g/mol. The van der Waals surface area contributed by atoms with Crippen LogP contribution in [0.4, 0.5) is 21.5 Å². The number of nitrogens with zero attached hydrogens (tertiary/aromatic N) is 2. The molecule has 0 bridgehead atoms. The Morgan fingerprint density at radius 3 is 2.43 bits per heavy atom. The van der Waals surface area contributed by atoms with Crippen molar-refractivity contribution in [3.05, 3.63) is 68.0 Å². The largest absolute Gasteiger partial charge is 0.490 e. The van der Waals surface area contributed by atoms with Crippen LogP contribution in [0.3, 0.4) is 0 Å². The minimum Gasteiger partial charge on any atom is -0.490 e. The fraction of sp³-hybridized carbons (Fsp3) is 0.125. The van der Waals surface area contributed by atoms with Crippen LogP contribution in [0.5, 0.6) is 5.75 Å². The molecule has 0 unspecified atom stereocenters. The zero-order valence-corrected chi connectivity index (χ0v) is 14.2. The summed E-state index contributed by atoms with van der Waals surface area (Å²) in [6.07, 6.45) is 0. The molecular weight excluding hydrogens is 381 g/mol. The van der Waals surface area contributed by atoms with Gasteiger partial charge in [-0.2, -0.15) is 0 Å². The molecule has 11 nitrogen and oxygen atoms in total. The summed E-state index contributed by atoms with van der Waals surface area (Å²) in [7, 11) is 1.22. The second kappa shape index (κ2) is 8.53. The average Bonchev–Trinajstić information content (AvgIpc) is 2.66. The Labute approximate surface area is 156 Å². The number of benzene rings is 2. The normalized spacial score (nSPS) is 10.1. The van der Waals surface area contributed by atoms with Crippen LogP contribution in [0.15, 0.2) is 36.4 Å². The van der Waals surface area contributed by atoms with Crippen LogP contribution in [-0.4, -0.2) is 35.4 Å². The highest BCUT2D eigenvalue weighted by Gasteiger charge is 2.20. The van der Waals surface area contributed by atoms with Gasteiger partial charge in [0.05, 0.1) is 28.2 Å². The number of hydrogen-bond acceptors (Lipinski definition) is 8. The van der Waals surface area contributed by atoms with Gasteiger partial charge in [-0.15, -0.1) is 0 Å². The molecule has 0 aromatic heterocycles. The fourth-order valence-corrected chi connectivity index (χ4v) is 2.08. The van der Waals surface area contributed by atoms with Crippen LogP contribution in [0, 0.1) is 26.0 Å². The van der Waals surface area contributed by atoms with E-state index in [-0.39, 0.29) is 11.3 Å². The van der Waals surface area contributed by atoms with E-state index >= 15 is 0 Å². The van der Waals surface area contributed by atoms with Crippen LogP contribution < -0.4 is 10.1 Å². The van der Waals surface area contributed by atoms with Gasteiger partial charge in [-0.25, -0.2) is 9.18 Å². The predicted molar refractivity (Wildman–Crippen MR) is 91.6 cm³/mol. The Kier molecular flexibility index (Phi) is 6.16. The van der Waals surface area contributed by atoms with E-state index in [1.54, 1.807) is 0 Å². The summed E-state index contributed by atoms with van der Waals surface area (Å²) in [4.78, 5) is 43.9. The topological polar surface area (TPSA) is 151 Å². The van der Waals surface area contributed by atoms with E-state index < -0.39 is 51.2 Å². The Bertz CT molecular complexity index is 963. The average molecular weight is 393 g/mol. The molecule has 2 aromatic rings. The molecule has 0 fully saturated rings. The van der Waals surface area contributed by atoms with Crippen molar-refractivity contribution in [2.45, 2.75) is 0 Å². The minimum atomic E-state index is -1.04. The zero-order valence-electron chi connectivity index (χ0n) is 14.2. The molecule has 0 atom stereocenters. The molecule has 0 radical (unpaired) electrons. The molecule has 1 N–H and O–H groups in total. The summed E-state index contributed by atoms with van der Waals surface area (Å²) in [5, 5.41) is 23.7. The highest BCUT2D eigenvalue weighted by Crippen LogP contribution is 2.27. The van der Waals surface area contributed by atoms with E-state index in [2.05, 4.69) is 0 Å². The number of non-ortho nitro benzene ring substituents is 1. The lowest BCUT2D eigenvalue weighted by atomic mass is 10.2. The van der Waals surface area contributed by atoms with E-state index in [1.807, 2.05) is 5.32 Å². The lowest BCUT2D eigenvalue weighted by Crippen LogP contribution is -2.21. The maximum Gasteiger partial charge on any atom is 0.338 e. The molecule has 0 saturated heterocycles. The van der Waals surface area contributed by atoms with E-state index in [9.17, 15) is 34.2 Å². The van der Waals surface area contributed by atoms with Gasteiger partial charge in [0.25, 0.3) is 11.6 Å². The van der Waals surface area contributed by atoms with Gasteiger partial charge < -0.3 is 14.8 Å². The number of carbonyl (C=O) groups is 2. The Morgan fingerprint density at radius 1 is 1.11 bits per heavy atom. The molecular formula is C16H12FN3O8. The number of hydrogen-bond donors (Lipinski definition) is 1. The van der Waals surface area contributed by atoms with Gasteiger partial charge in [-0.05, 0) is 18.2 Å². The first-order valence-electron chi connectivity index (χ1n) is 7.46. The highest BCUT2D eigenvalue weighted by atomic mass is 19.1. The van der Waals surface area contributed by atoms with Crippen LogP contribution in [0.1, 0.15) is 10.4 Å². The number of nitrogens with one attached hydrogen (secondary N) is 1. The summed E-state index contributed by atoms with van der Waals surface area (Å²) in [5.41, 5.74) is -1.59. The van der Waals surface area contributed by atoms with Gasteiger partial charge in [0.1, 0.15) is 5.82 Å². The standard InChI is InChI=1S/C16H12FN3O8/c1-27-14-5-2-9(6-13(14)20(25)26)16(22)28-8-15(21)18-12-7-10(19(23)24)3-4-11(12)17/h2-7H,8H2,1H3,(H,18,21). The minimum absolute atomic E-state index is 0.0690. The van der Waals surface area contributed by atoms with Gasteiger partial charge in [-0.1, -0.05) is 0 Å². The van der Waals surface area contributed by atoms with Gasteiger partial charge in [0.15, 0.2) is 12.4 Å². The number of rotatable bonds is 7. The summed E-state index contributed by atoms with van der Waals surface area (Å²) < 4.78 is 23.1. The van der Waals surface area contributed by atoms with Crippen LogP contribution >= 0.6 is 0 Å². The zero-order chi connectivity index (χ0) is 20.8.